The largest absolute Gasteiger partial charge is 0.490 e. The first-order chi connectivity index (χ1) is 15.0. The molecular weight excluding hydrogens is 408 g/mol. The van der Waals surface area contributed by atoms with Crippen LogP contribution in [-0.2, 0) is 13.0 Å². The minimum Gasteiger partial charge on any atom is -0.490 e. The van der Waals surface area contributed by atoms with Crippen LogP contribution in [0.25, 0.3) is 0 Å². The number of aromatic nitrogens is 2. The van der Waals surface area contributed by atoms with E-state index >= 15 is 0 Å². The Morgan fingerprint density at radius 3 is 2.42 bits per heavy atom. The van der Waals surface area contributed by atoms with Gasteiger partial charge in [-0.2, -0.15) is 4.98 Å². The molecule has 0 fully saturated rings. The van der Waals surface area contributed by atoms with Crippen molar-refractivity contribution in [2.24, 2.45) is 0 Å². The fraction of sp³-hybridized carbons (Fsp3) is 0.273. The molecule has 0 spiro atoms. The standard InChI is InChI=1S/C22H21F2N3O4/c1-3-14-8-18-19(31-5-4-30-18)10-17(14)25-22-26-21(28)20(29-2)12-27(22)11-13-6-15(23)9-16(24)7-13/h6-10,12H,3-5,11H2,1-2H3,(H,25,26,28). The molecule has 0 saturated heterocycles. The zero-order valence-corrected chi connectivity index (χ0v) is 17.1. The predicted octanol–water partition coefficient (Wildman–Crippen LogP) is 3.66. The molecule has 2 aromatic carbocycles. The topological polar surface area (TPSA) is 74.6 Å². The summed E-state index contributed by atoms with van der Waals surface area (Å²) in [7, 11) is 1.35. The number of benzene rings is 2. The van der Waals surface area contributed by atoms with Crippen LogP contribution < -0.4 is 25.1 Å². The smallest absolute Gasteiger partial charge is 0.316 e. The Hall–Kier alpha value is -3.62. The third-order valence-electron chi connectivity index (χ3n) is 4.85. The van der Waals surface area contributed by atoms with E-state index < -0.39 is 17.2 Å². The van der Waals surface area contributed by atoms with E-state index in [4.69, 9.17) is 14.2 Å². The summed E-state index contributed by atoms with van der Waals surface area (Å²) in [6.07, 6.45) is 2.14. The highest BCUT2D eigenvalue weighted by atomic mass is 19.1. The first-order valence-corrected chi connectivity index (χ1v) is 9.76. The Bertz CT molecular complexity index is 1160. The summed E-state index contributed by atoms with van der Waals surface area (Å²) in [4.78, 5) is 16.4. The van der Waals surface area contributed by atoms with Crippen LogP contribution in [0, 0.1) is 11.6 Å². The molecule has 0 amide bonds. The number of halogens is 2. The molecule has 7 nitrogen and oxygen atoms in total. The molecule has 9 heteroatoms. The van der Waals surface area contributed by atoms with Crippen LogP contribution in [0.5, 0.6) is 17.2 Å². The second-order valence-corrected chi connectivity index (χ2v) is 6.98. The van der Waals surface area contributed by atoms with Crippen molar-refractivity contribution in [1.29, 1.82) is 0 Å². The van der Waals surface area contributed by atoms with Gasteiger partial charge in [0.1, 0.15) is 24.8 Å². The highest BCUT2D eigenvalue weighted by molar-refractivity contribution is 5.65. The van der Waals surface area contributed by atoms with Crippen LogP contribution in [0.4, 0.5) is 20.4 Å². The fourth-order valence-electron chi connectivity index (χ4n) is 3.39. The SMILES string of the molecule is CCc1cc2c(cc1Nc1nc(=O)c(OC)cn1Cc1cc(F)cc(F)c1)OCCO2. The molecule has 1 aromatic heterocycles. The summed E-state index contributed by atoms with van der Waals surface area (Å²) >= 11 is 0. The van der Waals surface area contributed by atoms with Gasteiger partial charge < -0.3 is 24.1 Å². The highest BCUT2D eigenvalue weighted by Crippen LogP contribution is 2.36. The molecule has 0 atom stereocenters. The van der Waals surface area contributed by atoms with Gasteiger partial charge in [-0.15, -0.1) is 0 Å². The summed E-state index contributed by atoms with van der Waals surface area (Å²) < 4.78 is 45.3. The van der Waals surface area contributed by atoms with Crippen molar-refractivity contribution in [2.45, 2.75) is 19.9 Å². The van der Waals surface area contributed by atoms with E-state index in [1.807, 2.05) is 13.0 Å². The number of nitrogens with one attached hydrogen (secondary N) is 1. The van der Waals surface area contributed by atoms with Gasteiger partial charge in [0.2, 0.25) is 11.7 Å². The van der Waals surface area contributed by atoms with Crippen molar-refractivity contribution in [3.63, 3.8) is 0 Å². The molecule has 1 aliphatic heterocycles. The minimum absolute atomic E-state index is 0.0142. The lowest BCUT2D eigenvalue weighted by Gasteiger charge is -2.22. The Labute approximate surface area is 177 Å². The quantitative estimate of drug-likeness (QED) is 0.645. The second-order valence-electron chi connectivity index (χ2n) is 6.98. The molecular formula is C22H21F2N3O4. The molecule has 162 valence electrons. The van der Waals surface area contributed by atoms with Gasteiger partial charge in [-0.3, -0.25) is 4.79 Å². The van der Waals surface area contributed by atoms with Crippen LogP contribution >= 0.6 is 0 Å². The van der Waals surface area contributed by atoms with E-state index in [2.05, 4.69) is 10.3 Å². The average Bonchev–Trinajstić information content (AvgIpc) is 2.74. The molecule has 1 aliphatic rings. The van der Waals surface area contributed by atoms with E-state index in [0.717, 1.165) is 11.6 Å². The molecule has 3 aromatic rings. The summed E-state index contributed by atoms with van der Waals surface area (Å²) in [5.41, 5.74) is 1.41. The van der Waals surface area contributed by atoms with Crippen molar-refractivity contribution in [3.05, 3.63) is 69.6 Å². The number of hydrogen-bond acceptors (Lipinski definition) is 6. The van der Waals surface area contributed by atoms with Crippen LogP contribution in [0.3, 0.4) is 0 Å². The average molecular weight is 429 g/mol. The first-order valence-electron chi connectivity index (χ1n) is 9.76. The van der Waals surface area contributed by atoms with Crippen LogP contribution in [0.1, 0.15) is 18.1 Å². The van der Waals surface area contributed by atoms with E-state index in [0.29, 0.717) is 42.4 Å². The Morgan fingerprint density at radius 2 is 1.77 bits per heavy atom. The van der Waals surface area contributed by atoms with Crippen molar-refractivity contribution in [1.82, 2.24) is 9.55 Å². The maximum atomic E-state index is 13.7. The van der Waals surface area contributed by atoms with Crippen molar-refractivity contribution >= 4 is 11.6 Å². The van der Waals surface area contributed by atoms with Gasteiger partial charge in [-0.1, -0.05) is 6.92 Å². The third kappa shape index (κ3) is 4.45. The van der Waals surface area contributed by atoms with Gasteiger partial charge in [0, 0.05) is 17.8 Å². The molecule has 0 unspecified atom stereocenters. The Morgan fingerprint density at radius 1 is 1.10 bits per heavy atom. The third-order valence-corrected chi connectivity index (χ3v) is 4.85. The number of nitrogens with zero attached hydrogens (tertiary/aromatic N) is 2. The lowest BCUT2D eigenvalue weighted by atomic mass is 10.1. The summed E-state index contributed by atoms with van der Waals surface area (Å²) in [6, 6.07) is 6.91. The van der Waals surface area contributed by atoms with Crippen LogP contribution in [0.2, 0.25) is 0 Å². The van der Waals surface area contributed by atoms with Gasteiger partial charge in [0.15, 0.2) is 11.5 Å². The van der Waals surface area contributed by atoms with E-state index in [9.17, 15) is 13.6 Å². The summed E-state index contributed by atoms with van der Waals surface area (Å²) in [6.45, 7) is 2.97. The lowest BCUT2D eigenvalue weighted by Crippen LogP contribution is -2.19. The van der Waals surface area contributed by atoms with Gasteiger partial charge >= 0.3 is 5.56 Å². The zero-order chi connectivity index (χ0) is 22.0. The van der Waals surface area contributed by atoms with E-state index in [-0.39, 0.29) is 18.2 Å². The number of hydrogen-bond donors (Lipinski definition) is 1. The molecule has 0 aliphatic carbocycles. The summed E-state index contributed by atoms with van der Waals surface area (Å²) in [5.74, 6) is 0.0721. The molecule has 0 bridgehead atoms. The van der Waals surface area contributed by atoms with Gasteiger partial charge in [-0.25, -0.2) is 8.78 Å². The lowest BCUT2D eigenvalue weighted by molar-refractivity contribution is 0.171. The molecule has 0 radical (unpaired) electrons. The van der Waals surface area contributed by atoms with Gasteiger partial charge in [0.25, 0.3) is 0 Å². The van der Waals surface area contributed by atoms with E-state index in [1.165, 1.54) is 25.4 Å². The Kier molecular flexibility index (Phi) is 5.75. The predicted molar refractivity (Wildman–Crippen MR) is 111 cm³/mol. The number of anilines is 2. The molecule has 0 saturated carbocycles. The van der Waals surface area contributed by atoms with Gasteiger partial charge in [-0.05, 0) is 35.7 Å². The fourth-order valence-corrected chi connectivity index (χ4v) is 3.39. The van der Waals surface area contributed by atoms with Gasteiger partial charge in [0.05, 0.1) is 19.9 Å². The molecule has 2 heterocycles. The molecule has 4 rings (SSSR count). The van der Waals surface area contributed by atoms with Crippen LogP contribution in [0.15, 0.2) is 41.3 Å². The van der Waals surface area contributed by atoms with Crippen molar-refractivity contribution < 1.29 is 23.0 Å². The van der Waals surface area contributed by atoms with Crippen molar-refractivity contribution in [2.75, 3.05) is 25.6 Å². The number of ether oxygens (including phenoxy) is 3. The van der Waals surface area contributed by atoms with Crippen molar-refractivity contribution in [3.8, 4) is 17.2 Å². The second kappa shape index (κ2) is 8.63. The number of aryl methyl sites for hydroxylation is 1. The number of methoxy groups -OCH3 is 1. The molecule has 31 heavy (non-hydrogen) atoms. The number of fused-ring (bicyclic) bond motifs is 1. The zero-order valence-electron chi connectivity index (χ0n) is 17.1. The maximum Gasteiger partial charge on any atom is 0.316 e. The Balaban J connectivity index is 1.76. The highest BCUT2D eigenvalue weighted by Gasteiger charge is 2.17. The monoisotopic (exact) mass is 429 g/mol. The minimum atomic E-state index is -0.689. The maximum absolute atomic E-state index is 13.7. The number of rotatable bonds is 6. The first kappa shape index (κ1) is 20.6. The molecule has 1 N–H and O–H groups in total. The van der Waals surface area contributed by atoms with Crippen LogP contribution in [-0.4, -0.2) is 29.9 Å². The summed E-state index contributed by atoms with van der Waals surface area (Å²) in [5, 5.41) is 3.16. The normalized spacial score (nSPS) is 12.5. The van der Waals surface area contributed by atoms with E-state index in [1.54, 1.807) is 10.6 Å².